The Balaban J connectivity index is 0. The normalized spacial score (nSPS) is 12.5. The van der Waals surface area contributed by atoms with Crippen molar-refractivity contribution >= 4 is 123 Å². The maximum atomic E-state index is 6.60. The van der Waals surface area contributed by atoms with E-state index in [0.29, 0.717) is 0 Å². The highest BCUT2D eigenvalue weighted by atomic mass is 28.4. The zero-order valence-electron chi connectivity index (χ0n) is 69.1. The van der Waals surface area contributed by atoms with E-state index in [1.165, 1.54) is 38.4 Å². The van der Waals surface area contributed by atoms with E-state index in [1.807, 2.05) is 75.9 Å². The van der Waals surface area contributed by atoms with Gasteiger partial charge < -0.3 is 43.6 Å². The summed E-state index contributed by atoms with van der Waals surface area (Å²) in [6.07, 6.45) is 1.09. The van der Waals surface area contributed by atoms with Crippen LogP contribution in [0.3, 0.4) is 0 Å². The highest BCUT2D eigenvalue weighted by Gasteiger charge is 2.45. The van der Waals surface area contributed by atoms with Gasteiger partial charge in [-0.2, -0.15) is 0 Å². The Kier molecular flexibility index (Phi) is 47.9. The Bertz CT molecular complexity index is 2950. The standard InChI is InChI=1S/C16H22O2Si2.C16H20OSi.C14H16OSi.C9H14OSi.C6H18OSi2.C6H16OSi.3C4H12OSi/c1-17-20(18-19(2,3)4,15-11-7-5-8-12-15)16-13-9-6-10-14-16;1-17-18(2,16-11-7-4-8-12-16)14-13-15-9-5-3-6-10-15;1-15-16(2,13-9-5-3-6-10-13)14-11-7-4-8-12-14;1-10-11(2,3)9-7-5-4-6-8-9;1-8(2,3)7-9(4,5)6;1-5-8(4,6-2)7-3;3*1-5-6(2,3)4/h5-14H,1-4H3;3-12H,13-14H2,1-2H3;3-12H,1-2H3;4-8H,1-3H3;1-6H3;5-6H2,1-4H3;3*1-4H3. The first-order valence-electron chi connectivity index (χ1n) is 35.4. The van der Waals surface area contributed by atoms with E-state index in [1.54, 1.807) is 35.5 Å². The van der Waals surface area contributed by atoms with E-state index in [0.717, 1.165) is 22.8 Å². The Morgan fingerprint density at radius 2 is 0.500 bits per heavy atom. The second-order valence-electron chi connectivity index (χ2n) is 31.2. The fourth-order valence-electron chi connectivity index (χ4n) is 8.82. The third kappa shape index (κ3) is 44.4. The number of aryl methyl sites for hydroxylation is 1. The summed E-state index contributed by atoms with van der Waals surface area (Å²) in [6, 6.07) is 77.0. The van der Waals surface area contributed by atoms with Crippen LogP contribution in [-0.4, -0.2) is 149 Å². The van der Waals surface area contributed by atoms with Crippen molar-refractivity contribution in [3.63, 3.8) is 0 Å². The summed E-state index contributed by atoms with van der Waals surface area (Å²) < 4.78 is 56.3. The molecule has 0 saturated heterocycles. The zero-order chi connectivity index (χ0) is 77.2. The fraction of sp³-hybridized carbons (Fsp3) is 0.468. The minimum absolute atomic E-state index is 1.09. The van der Waals surface area contributed by atoms with Crippen LogP contribution in [0.15, 0.2) is 212 Å². The van der Waals surface area contributed by atoms with Gasteiger partial charge in [0, 0.05) is 56.9 Å². The van der Waals surface area contributed by atoms with Gasteiger partial charge >= 0.3 is 8.56 Å². The maximum Gasteiger partial charge on any atom is 0.396 e. The van der Waals surface area contributed by atoms with E-state index in [2.05, 4.69) is 322 Å². The molecule has 0 aliphatic rings. The minimum Gasteiger partial charge on any atom is -0.456 e. The lowest BCUT2D eigenvalue weighted by atomic mass is 10.2. The van der Waals surface area contributed by atoms with Crippen molar-refractivity contribution in [2.24, 2.45) is 0 Å². The van der Waals surface area contributed by atoms with Gasteiger partial charge in [-0.05, 0) is 212 Å². The lowest BCUT2D eigenvalue weighted by molar-refractivity contribution is 0.327. The molecule has 0 aliphatic carbocycles. The van der Waals surface area contributed by atoms with Crippen LogP contribution in [0.5, 0.6) is 0 Å². The molecule has 0 aliphatic heterocycles. The van der Waals surface area contributed by atoms with Crippen LogP contribution in [0.25, 0.3) is 0 Å². The molecule has 1 atom stereocenters. The molecule has 0 aromatic heterocycles. The second-order valence-corrected chi connectivity index (χ2v) is 78.5. The smallest absolute Gasteiger partial charge is 0.396 e. The van der Waals surface area contributed by atoms with E-state index in [4.69, 9.17) is 43.6 Å². The first-order chi connectivity index (χ1) is 46.2. The average Bonchev–Trinajstić information content (AvgIpc) is 0.780. The summed E-state index contributed by atoms with van der Waals surface area (Å²) in [6.45, 7) is 55.1. The molecular weight excluding hydrogens is 1420 g/mol. The summed E-state index contributed by atoms with van der Waals surface area (Å²) in [4.78, 5) is 0. The largest absolute Gasteiger partial charge is 0.456 e. The molecule has 0 radical (unpaired) electrons. The van der Waals surface area contributed by atoms with E-state index >= 15 is 0 Å². The van der Waals surface area contributed by atoms with Gasteiger partial charge in [0.2, 0.25) is 16.6 Å². The molecule has 0 fully saturated rings. The molecule has 10 nitrogen and oxygen atoms in total. The molecule has 0 heterocycles. The topological polar surface area (TPSA) is 92.3 Å². The molecule has 0 N–H and O–H groups in total. The molecule has 100 heavy (non-hydrogen) atoms. The van der Waals surface area contributed by atoms with E-state index < -0.39 is 91.7 Å². The first kappa shape index (κ1) is 98.6. The van der Waals surface area contributed by atoms with Crippen LogP contribution in [0, 0.1) is 0 Å². The average molecular weight is 1560 g/mol. The highest BCUT2D eigenvalue weighted by molar-refractivity contribution is 6.98. The Morgan fingerprint density at radius 1 is 0.240 bits per heavy atom. The third-order valence-corrected chi connectivity index (χ3v) is 45.1. The van der Waals surface area contributed by atoms with Crippen LogP contribution in [0.2, 0.25) is 169 Å². The molecule has 7 aromatic carbocycles. The van der Waals surface area contributed by atoms with Gasteiger partial charge in [0.05, 0.1) is 0 Å². The van der Waals surface area contributed by atoms with Crippen molar-refractivity contribution in [3.05, 3.63) is 218 Å². The molecular formula is C79H142O10Si11. The molecule has 0 saturated carbocycles. The zero-order valence-corrected chi connectivity index (χ0v) is 80.1. The molecule has 7 aromatic rings. The van der Waals surface area contributed by atoms with E-state index in [-0.39, 0.29) is 0 Å². The lowest BCUT2D eigenvalue weighted by Gasteiger charge is -2.35. The second kappa shape index (κ2) is 48.6. The van der Waals surface area contributed by atoms with Crippen LogP contribution in [-0.2, 0) is 50.1 Å². The summed E-state index contributed by atoms with van der Waals surface area (Å²) >= 11 is 0. The van der Waals surface area contributed by atoms with Crippen molar-refractivity contribution in [2.75, 3.05) is 56.9 Å². The number of benzene rings is 7. The molecule has 0 spiro atoms. The number of hydrogen-bond donors (Lipinski definition) is 0. The Labute approximate surface area is 625 Å². The molecule has 1 unspecified atom stereocenters. The summed E-state index contributed by atoms with van der Waals surface area (Å²) in [7, 11) is -2.31. The van der Waals surface area contributed by atoms with Crippen molar-refractivity contribution in [1.29, 1.82) is 0 Å². The van der Waals surface area contributed by atoms with Crippen molar-refractivity contribution in [2.45, 2.75) is 189 Å². The molecule has 562 valence electrons. The highest BCUT2D eigenvalue weighted by Crippen LogP contribution is 2.19. The van der Waals surface area contributed by atoms with Gasteiger partial charge in [0.25, 0.3) is 8.32 Å². The Morgan fingerprint density at radius 3 is 0.700 bits per heavy atom. The first-order valence-corrected chi connectivity index (χ1v) is 68.4. The molecule has 0 amide bonds. The number of rotatable bonds is 23. The lowest BCUT2D eigenvalue weighted by Crippen LogP contribution is -2.66. The van der Waals surface area contributed by atoms with Crippen LogP contribution in [0.4, 0.5) is 0 Å². The van der Waals surface area contributed by atoms with Gasteiger partial charge in [0.15, 0.2) is 58.2 Å². The fourth-order valence-corrected chi connectivity index (χ4v) is 30.1. The summed E-state index contributed by atoms with van der Waals surface area (Å²) in [5.41, 5.74) is 1.39. The predicted molar refractivity (Wildman–Crippen MR) is 469 cm³/mol. The van der Waals surface area contributed by atoms with Crippen LogP contribution in [0.1, 0.15) is 19.4 Å². The van der Waals surface area contributed by atoms with Crippen LogP contribution < -0.4 is 31.1 Å². The van der Waals surface area contributed by atoms with Crippen LogP contribution >= 0.6 is 0 Å². The SMILES string of the molecule is CC[Si](C)(CC)OC.CO[Si](C)(C)C.CO[Si](C)(C)C.CO[Si](C)(C)C.CO[Si](C)(C)c1ccccc1.CO[Si](C)(CCc1ccccc1)c1ccccc1.CO[Si](C)(c1ccccc1)c1ccccc1.CO[Si](O[Si](C)(C)C)(c1ccccc1)c1ccccc1.C[Si](C)(C)O[Si](C)(C)C. The predicted octanol–water partition coefficient (Wildman–Crippen LogP) is 19.2. The molecule has 21 heteroatoms. The summed E-state index contributed by atoms with van der Waals surface area (Å²) in [5.74, 6) is 0. The quantitative estimate of drug-likeness (QED) is 0.0577. The minimum atomic E-state index is -2.60. The van der Waals surface area contributed by atoms with Gasteiger partial charge in [-0.15, -0.1) is 0 Å². The van der Waals surface area contributed by atoms with Crippen molar-refractivity contribution < 1.29 is 43.6 Å². The maximum absolute atomic E-state index is 6.60. The van der Waals surface area contributed by atoms with Crippen molar-refractivity contribution in [3.8, 4) is 0 Å². The Hall–Kier alpha value is -3.47. The van der Waals surface area contributed by atoms with Gasteiger partial charge in [-0.3, -0.25) is 0 Å². The monoisotopic (exact) mass is 1560 g/mol. The number of hydrogen-bond acceptors (Lipinski definition) is 10. The van der Waals surface area contributed by atoms with Gasteiger partial charge in [0.1, 0.15) is 0 Å². The molecule has 0 bridgehead atoms. The van der Waals surface area contributed by atoms with E-state index in [9.17, 15) is 0 Å². The van der Waals surface area contributed by atoms with Gasteiger partial charge in [-0.25, -0.2) is 0 Å². The summed E-state index contributed by atoms with van der Waals surface area (Å²) in [5, 5.41) is 7.67. The molecule has 7 rings (SSSR count). The van der Waals surface area contributed by atoms with Gasteiger partial charge in [-0.1, -0.05) is 226 Å². The third-order valence-electron chi connectivity index (χ3n) is 16.1. The van der Waals surface area contributed by atoms with Crippen molar-refractivity contribution in [1.82, 2.24) is 0 Å².